The van der Waals surface area contributed by atoms with Gasteiger partial charge in [-0.3, -0.25) is 19.4 Å². The highest BCUT2D eigenvalue weighted by molar-refractivity contribution is 7.80. The molecule has 0 aliphatic carbocycles. The molecule has 0 saturated carbocycles. The van der Waals surface area contributed by atoms with Crippen LogP contribution in [0.5, 0.6) is 0 Å². The van der Waals surface area contributed by atoms with Crippen LogP contribution in [0.15, 0.2) is 11.8 Å². The third kappa shape index (κ3) is 2.69. The average Bonchev–Trinajstić information content (AvgIpc) is 2.46. The van der Waals surface area contributed by atoms with E-state index < -0.39 is 0 Å². The largest absolute Gasteiger partial charge is 0.378 e. The molecule has 2 aliphatic heterocycles. The van der Waals surface area contributed by atoms with E-state index in [0.717, 1.165) is 0 Å². The first-order valence-corrected chi connectivity index (χ1v) is 7.22. The maximum absolute atomic E-state index is 12.4. The molecule has 20 heavy (non-hydrogen) atoms. The van der Waals surface area contributed by atoms with E-state index in [1.807, 2.05) is 18.7 Å². The van der Waals surface area contributed by atoms with Crippen molar-refractivity contribution in [3.05, 3.63) is 11.8 Å². The standard InChI is InChI=1S/C13H19N3O3S/c1-3-15-11(17)10(9-14-5-7-19-8-6-14)12(18)16(4-2)13(15)20/h9H,3-8H2,1-2H3. The number of hydrogen-bond donors (Lipinski definition) is 0. The Hall–Kier alpha value is -1.47. The van der Waals surface area contributed by atoms with Crippen LogP contribution < -0.4 is 0 Å². The minimum absolute atomic E-state index is 0.184. The van der Waals surface area contributed by atoms with Crippen LogP contribution in [-0.4, -0.2) is 71.0 Å². The zero-order valence-electron chi connectivity index (χ0n) is 11.8. The van der Waals surface area contributed by atoms with Gasteiger partial charge in [0.25, 0.3) is 11.8 Å². The van der Waals surface area contributed by atoms with Gasteiger partial charge in [-0.1, -0.05) is 0 Å². The summed E-state index contributed by atoms with van der Waals surface area (Å²) in [7, 11) is 0. The van der Waals surface area contributed by atoms with Crippen LogP contribution in [0.25, 0.3) is 0 Å². The van der Waals surface area contributed by atoms with E-state index in [2.05, 4.69) is 0 Å². The van der Waals surface area contributed by atoms with Crippen molar-refractivity contribution in [1.29, 1.82) is 0 Å². The third-order valence-electron chi connectivity index (χ3n) is 3.40. The van der Waals surface area contributed by atoms with Gasteiger partial charge in [-0.15, -0.1) is 0 Å². The van der Waals surface area contributed by atoms with Crippen molar-refractivity contribution in [2.75, 3.05) is 39.4 Å². The first-order valence-electron chi connectivity index (χ1n) is 6.81. The predicted octanol–water partition coefficient (Wildman–Crippen LogP) is 0.198. The predicted molar refractivity (Wildman–Crippen MR) is 77.8 cm³/mol. The summed E-state index contributed by atoms with van der Waals surface area (Å²) in [4.78, 5) is 29.6. The van der Waals surface area contributed by atoms with Gasteiger partial charge in [-0.05, 0) is 26.1 Å². The first kappa shape index (κ1) is 14.9. The molecule has 2 rings (SSSR count). The molecule has 0 radical (unpaired) electrons. The summed E-state index contributed by atoms with van der Waals surface area (Å²) in [6.07, 6.45) is 1.65. The van der Waals surface area contributed by atoms with Crippen molar-refractivity contribution in [2.45, 2.75) is 13.8 Å². The van der Waals surface area contributed by atoms with Crippen LogP contribution in [0.1, 0.15) is 13.8 Å². The monoisotopic (exact) mass is 297 g/mol. The van der Waals surface area contributed by atoms with E-state index in [-0.39, 0.29) is 17.4 Å². The summed E-state index contributed by atoms with van der Waals surface area (Å²) in [6.45, 7) is 7.21. The SMILES string of the molecule is CCN1C(=O)C(=CN2CCOCC2)C(=O)N(CC)C1=S. The molecule has 0 bridgehead atoms. The second kappa shape index (κ2) is 6.32. The summed E-state index contributed by atoms with van der Waals surface area (Å²) >= 11 is 5.21. The summed E-state index contributed by atoms with van der Waals surface area (Å²) in [6, 6.07) is 0. The highest BCUT2D eigenvalue weighted by Gasteiger charge is 2.38. The molecule has 2 amide bonds. The molecule has 2 saturated heterocycles. The lowest BCUT2D eigenvalue weighted by Crippen LogP contribution is -2.56. The van der Waals surface area contributed by atoms with E-state index in [4.69, 9.17) is 17.0 Å². The number of morpholine rings is 1. The lowest BCUT2D eigenvalue weighted by molar-refractivity contribution is -0.133. The van der Waals surface area contributed by atoms with E-state index in [9.17, 15) is 9.59 Å². The number of nitrogens with zero attached hydrogens (tertiary/aromatic N) is 3. The molecule has 2 fully saturated rings. The molecule has 0 unspecified atom stereocenters. The van der Waals surface area contributed by atoms with E-state index in [1.165, 1.54) is 9.80 Å². The van der Waals surface area contributed by atoms with Crippen molar-refractivity contribution in [2.24, 2.45) is 0 Å². The molecule has 2 aliphatic rings. The Morgan fingerprint density at radius 2 is 1.60 bits per heavy atom. The molecule has 7 heteroatoms. The fraction of sp³-hybridized carbons (Fsp3) is 0.615. The van der Waals surface area contributed by atoms with Crippen LogP contribution in [0.4, 0.5) is 0 Å². The van der Waals surface area contributed by atoms with Gasteiger partial charge in [-0.25, -0.2) is 0 Å². The van der Waals surface area contributed by atoms with Crippen molar-refractivity contribution < 1.29 is 14.3 Å². The summed E-state index contributed by atoms with van der Waals surface area (Å²) in [5.74, 6) is -0.614. The lowest BCUT2D eigenvalue weighted by Gasteiger charge is -2.36. The Morgan fingerprint density at radius 3 is 2.05 bits per heavy atom. The van der Waals surface area contributed by atoms with Crippen LogP contribution >= 0.6 is 12.2 Å². The van der Waals surface area contributed by atoms with E-state index >= 15 is 0 Å². The maximum Gasteiger partial charge on any atom is 0.267 e. The third-order valence-corrected chi connectivity index (χ3v) is 3.84. The Balaban J connectivity index is 2.29. The second-order valence-corrected chi connectivity index (χ2v) is 4.94. The van der Waals surface area contributed by atoms with E-state index in [0.29, 0.717) is 44.5 Å². The van der Waals surface area contributed by atoms with Gasteiger partial charge in [0.15, 0.2) is 5.11 Å². The van der Waals surface area contributed by atoms with Crippen molar-refractivity contribution in [1.82, 2.24) is 14.7 Å². The molecular weight excluding hydrogens is 278 g/mol. The quantitative estimate of drug-likeness (QED) is 0.423. The minimum Gasteiger partial charge on any atom is -0.378 e. The van der Waals surface area contributed by atoms with Gasteiger partial charge in [0.05, 0.1) is 13.2 Å². The fourth-order valence-corrected chi connectivity index (χ4v) is 2.68. The number of hydrogen-bond acceptors (Lipinski definition) is 5. The normalized spacial score (nSPS) is 20.8. The Labute approximate surface area is 123 Å². The summed E-state index contributed by atoms with van der Waals surface area (Å²) < 4.78 is 5.26. The van der Waals surface area contributed by atoms with Gasteiger partial charge in [0.1, 0.15) is 5.57 Å². The smallest absolute Gasteiger partial charge is 0.267 e. The van der Waals surface area contributed by atoms with Crippen LogP contribution in [0.3, 0.4) is 0 Å². The topological polar surface area (TPSA) is 53.1 Å². The second-order valence-electron chi connectivity index (χ2n) is 4.57. The minimum atomic E-state index is -0.307. The van der Waals surface area contributed by atoms with Gasteiger partial charge in [-0.2, -0.15) is 0 Å². The Bertz CT molecular complexity index is 430. The highest BCUT2D eigenvalue weighted by atomic mass is 32.1. The van der Waals surface area contributed by atoms with E-state index in [1.54, 1.807) is 6.20 Å². The van der Waals surface area contributed by atoms with Gasteiger partial charge >= 0.3 is 0 Å². The molecule has 0 aromatic carbocycles. The average molecular weight is 297 g/mol. The number of carbonyl (C=O) groups excluding carboxylic acids is 2. The summed E-state index contributed by atoms with van der Waals surface area (Å²) in [5.41, 5.74) is 0.184. The first-order chi connectivity index (χ1) is 9.60. The number of ether oxygens (including phenoxy) is 1. The van der Waals surface area contributed by atoms with Crippen molar-refractivity contribution >= 4 is 29.1 Å². The van der Waals surface area contributed by atoms with Crippen LogP contribution in [0, 0.1) is 0 Å². The van der Waals surface area contributed by atoms with Crippen molar-refractivity contribution in [3.63, 3.8) is 0 Å². The van der Waals surface area contributed by atoms with Gasteiger partial charge in [0, 0.05) is 32.4 Å². The molecular formula is C13H19N3O3S. The summed E-state index contributed by atoms with van der Waals surface area (Å²) in [5, 5.41) is 0.295. The molecule has 0 spiro atoms. The Kier molecular flexibility index (Phi) is 4.72. The number of likely N-dealkylation sites (N-methyl/N-ethyl adjacent to an activating group) is 2. The fourth-order valence-electron chi connectivity index (χ4n) is 2.26. The number of thiocarbonyl (C=S) groups is 1. The number of rotatable bonds is 3. The zero-order chi connectivity index (χ0) is 14.7. The highest BCUT2D eigenvalue weighted by Crippen LogP contribution is 2.18. The maximum atomic E-state index is 12.4. The molecule has 0 atom stereocenters. The molecule has 0 aromatic heterocycles. The molecule has 2 heterocycles. The number of carbonyl (C=O) groups is 2. The van der Waals surface area contributed by atoms with Crippen molar-refractivity contribution in [3.8, 4) is 0 Å². The molecule has 6 nitrogen and oxygen atoms in total. The molecule has 0 aromatic rings. The lowest BCUT2D eigenvalue weighted by atomic mass is 10.1. The van der Waals surface area contributed by atoms with Gasteiger partial charge in [0.2, 0.25) is 0 Å². The van der Waals surface area contributed by atoms with Crippen LogP contribution in [0.2, 0.25) is 0 Å². The molecule has 0 N–H and O–H groups in total. The van der Waals surface area contributed by atoms with Crippen LogP contribution in [-0.2, 0) is 14.3 Å². The molecule has 110 valence electrons. The van der Waals surface area contributed by atoms with Gasteiger partial charge < -0.3 is 9.64 Å². The zero-order valence-corrected chi connectivity index (χ0v) is 12.6. The Morgan fingerprint density at radius 1 is 1.10 bits per heavy atom. The number of amides is 2.